The lowest BCUT2D eigenvalue weighted by molar-refractivity contribution is -0.132. The summed E-state index contributed by atoms with van der Waals surface area (Å²) < 4.78 is 5.35. The Hall–Kier alpha value is -3.09. The van der Waals surface area contributed by atoms with Crippen molar-refractivity contribution in [3.05, 3.63) is 86.1 Å². The Morgan fingerprint density at radius 3 is 2.52 bits per heavy atom. The van der Waals surface area contributed by atoms with Crippen molar-refractivity contribution >= 4 is 46.1 Å². The summed E-state index contributed by atoms with van der Waals surface area (Å²) in [6, 6.07) is 13.3. The van der Waals surface area contributed by atoms with Crippen LogP contribution in [0.1, 0.15) is 27.6 Å². The molecule has 1 saturated heterocycles. The van der Waals surface area contributed by atoms with Crippen molar-refractivity contribution < 1.29 is 19.4 Å². The van der Waals surface area contributed by atoms with E-state index in [0.717, 1.165) is 16.0 Å². The highest BCUT2D eigenvalue weighted by atomic mass is 35.5. The number of hydrogen-bond acceptors (Lipinski definition) is 5. The van der Waals surface area contributed by atoms with Gasteiger partial charge in [-0.15, -0.1) is 11.3 Å². The van der Waals surface area contributed by atoms with E-state index >= 15 is 0 Å². The average molecular weight is 454 g/mol. The molecule has 2 heterocycles. The van der Waals surface area contributed by atoms with E-state index < -0.39 is 17.7 Å². The fraction of sp³-hybridized carbons (Fsp3) is 0.167. The van der Waals surface area contributed by atoms with Gasteiger partial charge in [0.15, 0.2) is 0 Å². The number of ketones is 1. The van der Waals surface area contributed by atoms with Gasteiger partial charge in [-0.2, -0.15) is 0 Å². The molecule has 1 fully saturated rings. The van der Waals surface area contributed by atoms with Crippen LogP contribution in [0.4, 0.5) is 5.69 Å². The molecule has 1 N–H and O–H groups in total. The number of hydrogen-bond donors (Lipinski definition) is 1. The van der Waals surface area contributed by atoms with Crippen molar-refractivity contribution in [2.24, 2.45) is 0 Å². The highest BCUT2D eigenvalue weighted by Crippen LogP contribution is 2.45. The van der Waals surface area contributed by atoms with Gasteiger partial charge in [0, 0.05) is 15.6 Å². The Bertz CT molecular complexity index is 1220. The van der Waals surface area contributed by atoms with Crippen LogP contribution in [0.25, 0.3) is 5.76 Å². The van der Waals surface area contributed by atoms with E-state index in [9.17, 15) is 14.7 Å². The predicted octanol–water partition coefficient (Wildman–Crippen LogP) is 5.65. The second-order valence-electron chi connectivity index (χ2n) is 7.30. The number of aliphatic hydroxyl groups excluding tert-OH is 1. The number of anilines is 1. The molecule has 1 amide bonds. The van der Waals surface area contributed by atoms with Crippen LogP contribution in [0.2, 0.25) is 5.02 Å². The summed E-state index contributed by atoms with van der Waals surface area (Å²) in [7, 11) is 1.46. The molecular weight excluding hydrogens is 434 g/mol. The Morgan fingerprint density at radius 2 is 1.87 bits per heavy atom. The van der Waals surface area contributed by atoms with Crippen molar-refractivity contribution in [2.75, 3.05) is 12.0 Å². The molecular formula is C24H20ClNO4S. The maximum atomic E-state index is 13.2. The molecule has 158 valence electrons. The molecule has 7 heteroatoms. The van der Waals surface area contributed by atoms with Crippen LogP contribution < -0.4 is 9.64 Å². The van der Waals surface area contributed by atoms with Crippen LogP contribution in [-0.2, 0) is 9.59 Å². The molecule has 0 spiro atoms. The van der Waals surface area contributed by atoms with Crippen LogP contribution in [-0.4, -0.2) is 23.9 Å². The van der Waals surface area contributed by atoms with Gasteiger partial charge in [0.25, 0.3) is 11.7 Å². The molecule has 1 aromatic heterocycles. The summed E-state index contributed by atoms with van der Waals surface area (Å²) in [5, 5.41) is 13.5. The summed E-state index contributed by atoms with van der Waals surface area (Å²) in [6.45, 7) is 3.93. The monoisotopic (exact) mass is 453 g/mol. The number of rotatable bonds is 4. The summed E-state index contributed by atoms with van der Waals surface area (Å²) in [5.74, 6) is -1.41. The number of ether oxygens (including phenoxy) is 1. The van der Waals surface area contributed by atoms with Crippen molar-refractivity contribution in [3.8, 4) is 5.75 Å². The van der Waals surface area contributed by atoms with Crippen LogP contribution >= 0.6 is 22.9 Å². The summed E-state index contributed by atoms with van der Waals surface area (Å²) in [5.41, 5.74) is 2.94. The lowest BCUT2D eigenvalue weighted by atomic mass is 9.99. The third-order valence-corrected chi connectivity index (χ3v) is 6.60. The number of Topliss-reactive ketones (excluding diaryl/α,β-unsaturated/α-hetero) is 1. The smallest absolute Gasteiger partial charge is 0.300 e. The Labute approximate surface area is 189 Å². The molecule has 0 radical (unpaired) electrons. The van der Waals surface area contributed by atoms with Crippen LogP contribution in [0.5, 0.6) is 5.75 Å². The largest absolute Gasteiger partial charge is 0.507 e. The van der Waals surface area contributed by atoms with Gasteiger partial charge in [0.1, 0.15) is 17.6 Å². The molecule has 0 bridgehead atoms. The quantitative estimate of drug-likeness (QED) is 0.315. The molecule has 1 aliphatic rings. The number of benzene rings is 2. The van der Waals surface area contributed by atoms with E-state index in [2.05, 4.69) is 0 Å². The molecule has 3 aromatic rings. The topological polar surface area (TPSA) is 66.8 Å². The fourth-order valence-electron chi connectivity index (χ4n) is 3.70. The van der Waals surface area contributed by atoms with E-state index in [1.165, 1.54) is 29.4 Å². The van der Waals surface area contributed by atoms with Crippen LogP contribution in [0.3, 0.4) is 0 Å². The molecule has 5 nitrogen and oxygen atoms in total. The van der Waals surface area contributed by atoms with Gasteiger partial charge in [0.05, 0.1) is 18.2 Å². The Kier molecular flexibility index (Phi) is 5.60. The molecule has 2 aromatic carbocycles. The Balaban J connectivity index is 1.97. The predicted molar refractivity (Wildman–Crippen MR) is 123 cm³/mol. The minimum Gasteiger partial charge on any atom is -0.507 e. The zero-order valence-electron chi connectivity index (χ0n) is 17.2. The van der Waals surface area contributed by atoms with Crippen molar-refractivity contribution in [1.82, 2.24) is 0 Å². The molecule has 1 unspecified atom stereocenters. The number of aryl methyl sites for hydroxylation is 2. The zero-order valence-corrected chi connectivity index (χ0v) is 18.8. The van der Waals surface area contributed by atoms with Gasteiger partial charge in [-0.05, 0) is 66.8 Å². The number of methoxy groups -OCH3 is 1. The maximum Gasteiger partial charge on any atom is 0.300 e. The first-order chi connectivity index (χ1) is 14.8. The zero-order chi connectivity index (χ0) is 22.3. The van der Waals surface area contributed by atoms with Gasteiger partial charge >= 0.3 is 0 Å². The summed E-state index contributed by atoms with van der Waals surface area (Å²) in [4.78, 5) is 28.5. The van der Waals surface area contributed by atoms with E-state index in [1.807, 2.05) is 49.6 Å². The SMILES string of the molecule is COc1ccc(Cl)cc1/C(O)=C1/C(=O)C(=O)N(c2ccc(C)c(C)c2)C1c1cccs1. The second-order valence-corrected chi connectivity index (χ2v) is 8.71. The van der Waals surface area contributed by atoms with Crippen LogP contribution in [0.15, 0.2) is 59.5 Å². The van der Waals surface area contributed by atoms with Gasteiger partial charge < -0.3 is 9.84 Å². The van der Waals surface area contributed by atoms with Gasteiger partial charge in [-0.1, -0.05) is 23.7 Å². The maximum absolute atomic E-state index is 13.2. The first kappa shape index (κ1) is 21.2. The molecule has 1 aliphatic heterocycles. The van der Waals surface area contributed by atoms with Crippen molar-refractivity contribution in [1.29, 1.82) is 0 Å². The second kappa shape index (κ2) is 8.21. The molecule has 4 rings (SSSR count). The van der Waals surface area contributed by atoms with Gasteiger partial charge in [-0.25, -0.2) is 0 Å². The van der Waals surface area contributed by atoms with Crippen molar-refractivity contribution in [3.63, 3.8) is 0 Å². The van der Waals surface area contributed by atoms with E-state index in [0.29, 0.717) is 16.5 Å². The number of thiophene rings is 1. The van der Waals surface area contributed by atoms with E-state index in [-0.39, 0.29) is 16.9 Å². The van der Waals surface area contributed by atoms with E-state index in [4.69, 9.17) is 16.3 Å². The van der Waals surface area contributed by atoms with Gasteiger partial charge in [-0.3, -0.25) is 14.5 Å². The highest BCUT2D eigenvalue weighted by Gasteiger charge is 2.47. The number of aliphatic hydroxyl groups is 1. The number of carbonyl (C=O) groups excluding carboxylic acids is 2. The van der Waals surface area contributed by atoms with Gasteiger partial charge in [0.2, 0.25) is 0 Å². The van der Waals surface area contributed by atoms with Crippen LogP contribution in [0, 0.1) is 13.8 Å². The summed E-state index contributed by atoms with van der Waals surface area (Å²) in [6.07, 6.45) is 0. The molecule has 1 atom stereocenters. The number of halogens is 1. The first-order valence-corrected chi connectivity index (χ1v) is 10.8. The minimum absolute atomic E-state index is 0.00578. The summed E-state index contributed by atoms with van der Waals surface area (Å²) >= 11 is 7.54. The van der Waals surface area contributed by atoms with Crippen molar-refractivity contribution in [2.45, 2.75) is 19.9 Å². The molecule has 0 aliphatic carbocycles. The third kappa shape index (κ3) is 3.62. The number of nitrogens with zero attached hydrogens (tertiary/aromatic N) is 1. The lowest BCUT2D eigenvalue weighted by Gasteiger charge is -2.25. The number of carbonyl (C=O) groups is 2. The molecule has 0 saturated carbocycles. The normalized spacial score (nSPS) is 17.9. The highest BCUT2D eigenvalue weighted by molar-refractivity contribution is 7.10. The minimum atomic E-state index is -0.759. The third-order valence-electron chi connectivity index (χ3n) is 5.44. The number of amides is 1. The molecule has 31 heavy (non-hydrogen) atoms. The first-order valence-electron chi connectivity index (χ1n) is 9.59. The fourth-order valence-corrected chi connectivity index (χ4v) is 4.70. The van der Waals surface area contributed by atoms with E-state index in [1.54, 1.807) is 12.1 Å². The Morgan fingerprint density at radius 1 is 1.10 bits per heavy atom. The lowest BCUT2D eigenvalue weighted by Crippen LogP contribution is -2.29. The standard InChI is InChI=1S/C24H20ClNO4S/c1-13-6-8-16(11-14(13)2)26-21(19-5-4-10-31-19)20(23(28)24(26)29)22(27)17-12-15(25)7-9-18(17)30-3/h4-12,21,27H,1-3H3/b22-20-. The average Bonchev–Trinajstić information content (AvgIpc) is 3.37.